The van der Waals surface area contributed by atoms with Gasteiger partial charge in [-0.2, -0.15) is 0 Å². The van der Waals surface area contributed by atoms with Crippen LogP contribution >= 0.6 is 11.8 Å². The summed E-state index contributed by atoms with van der Waals surface area (Å²) in [6.45, 7) is 2.37. The van der Waals surface area contributed by atoms with Gasteiger partial charge in [-0.3, -0.25) is 9.59 Å². The maximum absolute atomic E-state index is 12.0. The zero-order valence-electron chi connectivity index (χ0n) is 25.9. The van der Waals surface area contributed by atoms with E-state index in [0.717, 1.165) is 38.3 Å². The zero-order valence-corrected chi connectivity index (χ0v) is 26.7. The monoisotopic (exact) mass is 655 g/mol. The Morgan fingerprint density at radius 2 is 1.49 bits per heavy atom. The number of carboxylic acid groups (broad SMARTS) is 2. The Morgan fingerprint density at radius 3 is 2.15 bits per heavy atom. The van der Waals surface area contributed by atoms with Crippen LogP contribution in [-0.4, -0.2) is 45.0 Å². The van der Waals surface area contributed by atoms with Gasteiger partial charge in [0.2, 0.25) is 5.91 Å². The Hall–Kier alpha value is -4.48. The second kappa shape index (κ2) is 15.9. The van der Waals surface area contributed by atoms with E-state index in [1.54, 1.807) is 23.9 Å². The number of aliphatic carboxylic acids is 1. The highest BCUT2D eigenvalue weighted by atomic mass is 32.2. The van der Waals surface area contributed by atoms with Crippen molar-refractivity contribution in [3.05, 3.63) is 125 Å². The molecule has 1 fully saturated rings. The molecular weight excluding hydrogens is 618 g/mol. The van der Waals surface area contributed by atoms with Gasteiger partial charge in [0, 0.05) is 35.1 Å². The standard InChI is InChI=1S/C37H37NO8S/c1-23-32(22-47-31-15-13-28(14-16-31)36(43)44)45-37(46-35(23)27-7-5-24(21-39)6-8-27)29-11-9-26(10-12-29)30-4-2-3-25(19-30)20-38-33(40)17-18-34(41)42/h2-16,19,23,32,35,37,39H,17-18,20-22H2,1H3,(H,38,40)(H,41,42)(H,43,44)/t23-,32+,35+,37+/m0/s1. The van der Waals surface area contributed by atoms with E-state index in [4.69, 9.17) is 14.6 Å². The van der Waals surface area contributed by atoms with Gasteiger partial charge in [0.05, 0.1) is 30.8 Å². The molecule has 5 rings (SSSR count). The molecule has 1 saturated heterocycles. The van der Waals surface area contributed by atoms with Crippen LogP contribution in [-0.2, 0) is 32.2 Å². The summed E-state index contributed by atoms with van der Waals surface area (Å²) < 4.78 is 13.2. The second-order valence-corrected chi connectivity index (χ2v) is 12.5. The van der Waals surface area contributed by atoms with Gasteiger partial charge in [-0.05, 0) is 58.1 Å². The van der Waals surface area contributed by atoms with Crippen molar-refractivity contribution in [3.8, 4) is 11.1 Å². The minimum Gasteiger partial charge on any atom is -0.481 e. The summed E-state index contributed by atoms with van der Waals surface area (Å²) in [6, 6.07) is 30.3. The van der Waals surface area contributed by atoms with Gasteiger partial charge in [0.15, 0.2) is 6.29 Å². The summed E-state index contributed by atoms with van der Waals surface area (Å²) >= 11 is 1.60. The summed E-state index contributed by atoms with van der Waals surface area (Å²) in [5.74, 6) is -1.63. The van der Waals surface area contributed by atoms with Gasteiger partial charge in [-0.1, -0.05) is 73.7 Å². The van der Waals surface area contributed by atoms with E-state index >= 15 is 0 Å². The van der Waals surface area contributed by atoms with Crippen molar-refractivity contribution in [3.63, 3.8) is 0 Å². The molecule has 4 aromatic carbocycles. The van der Waals surface area contributed by atoms with E-state index in [9.17, 15) is 24.6 Å². The molecule has 1 amide bonds. The van der Waals surface area contributed by atoms with Crippen LogP contribution in [0.25, 0.3) is 11.1 Å². The number of hydrogen-bond donors (Lipinski definition) is 4. The molecule has 47 heavy (non-hydrogen) atoms. The van der Waals surface area contributed by atoms with Gasteiger partial charge in [-0.25, -0.2) is 4.79 Å². The Bertz CT molecular complexity index is 1670. The van der Waals surface area contributed by atoms with Gasteiger partial charge in [-0.15, -0.1) is 11.8 Å². The molecule has 4 N–H and O–H groups in total. The summed E-state index contributed by atoms with van der Waals surface area (Å²) in [5.41, 5.74) is 5.76. The van der Waals surface area contributed by atoms with E-state index in [-0.39, 0.29) is 49.0 Å². The van der Waals surface area contributed by atoms with Crippen LogP contribution in [0.4, 0.5) is 0 Å². The average Bonchev–Trinajstić information content (AvgIpc) is 3.10. The van der Waals surface area contributed by atoms with E-state index in [0.29, 0.717) is 12.3 Å². The van der Waals surface area contributed by atoms with Crippen LogP contribution in [0.3, 0.4) is 0 Å². The molecule has 10 heteroatoms. The number of carbonyl (C=O) groups is 3. The maximum Gasteiger partial charge on any atom is 0.335 e. The van der Waals surface area contributed by atoms with E-state index in [2.05, 4.69) is 12.2 Å². The number of ether oxygens (including phenoxy) is 2. The van der Waals surface area contributed by atoms with Gasteiger partial charge >= 0.3 is 11.9 Å². The molecule has 0 aromatic heterocycles. The minimum atomic E-state index is -1.00. The smallest absolute Gasteiger partial charge is 0.335 e. The molecule has 9 nitrogen and oxygen atoms in total. The first-order valence-corrected chi connectivity index (χ1v) is 16.3. The first kappa shape index (κ1) is 33.9. The molecule has 1 heterocycles. The number of aliphatic hydroxyl groups excluding tert-OH is 1. The number of hydrogen-bond acceptors (Lipinski definition) is 7. The lowest BCUT2D eigenvalue weighted by atomic mass is 9.91. The third-order valence-electron chi connectivity index (χ3n) is 8.14. The number of rotatable bonds is 13. The van der Waals surface area contributed by atoms with Crippen LogP contribution in [0, 0.1) is 5.92 Å². The Balaban J connectivity index is 1.31. The van der Waals surface area contributed by atoms with Crippen molar-refractivity contribution >= 4 is 29.6 Å². The maximum atomic E-state index is 12.0. The predicted molar refractivity (Wildman–Crippen MR) is 178 cm³/mol. The molecule has 0 saturated carbocycles. The Kier molecular flexibility index (Phi) is 11.4. The Morgan fingerprint density at radius 1 is 0.787 bits per heavy atom. The highest BCUT2D eigenvalue weighted by molar-refractivity contribution is 7.99. The molecule has 0 aliphatic carbocycles. The third kappa shape index (κ3) is 9.08. The van der Waals surface area contributed by atoms with Crippen LogP contribution in [0.15, 0.2) is 102 Å². The van der Waals surface area contributed by atoms with E-state index in [1.807, 2.05) is 84.9 Å². The van der Waals surface area contributed by atoms with Crippen LogP contribution < -0.4 is 5.32 Å². The van der Waals surface area contributed by atoms with Crippen LogP contribution in [0.1, 0.15) is 64.8 Å². The topological polar surface area (TPSA) is 142 Å². The predicted octanol–water partition coefficient (Wildman–Crippen LogP) is 6.61. The second-order valence-electron chi connectivity index (χ2n) is 11.5. The average molecular weight is 656 g/mol. The number of thioether (sulfide) groups is 1. The Labute approximate surface area is 277 Å². The lowest BCUT2D eigenvalue weighted by Crippen LogP contribution is -2.38. The van der Waals surface area contributed by atoms with Crippen molar-refractivity contribution in [1.29, 1.82) is 0 Å². The zero-order chi connectivity index (χ0) is 33.3. The lowest BCUT2D eigenvalue weighted by molar-refractivity contribution is -0.268. The van der Waals surface area contributed by atoms with Gasteiger partial charge < -0.3 is 30.1 Å². The summed E-state index contributed by atoms with van der Waals surface area (Å²) in [6.07, 6.45) is -1.33. The van der Waals surface area contributed by atoms with E-state index in [1.165, 1.54) is 0 Å². The number of benzene rings is 4. The molecule has 0 unspecified atom stereocenters. The van der Waals surface area contributed by atoms with Crippen LogP contribution in [0.5, 0.6) is 0 Å². The number of carboxylic acids is 2. The fourth-order valence-corrected chi connectivity index (χ4v) is 6.45. The fourth-order valence-electron chi connectivity index (χ4n) is 5.39. The van der Waals surface area contributed by atoms with Gasteiger partial charge in [0.25, 0.3) is 0 Å². The number of aromatic carboxylic acids is 1. The van der Waals surface area contributed by atoms with Gasteiger partial charge in [0.1, 0.15) is 0 Å². The largest absolute Gasteiger partial charge is 0.481 e. The molecule has 4 aromatic rings. The molecule has 0 spiro atoms. The van der Waals surface area contributed by atoms with Crippen LogP contribution in [0.2, 0.25) is 0 Å². The molecule has 4 atom stereocenters. The highest BCUT2D eigenvalue weighted by Gasteiger charge is 2.38. The summed E-state index contributed by atoms with van der Waals surface area (Å²) in [5, 5.41) is 30.3. The molecule has 0 radical (unpaired) electrons. The molecule has 1 aliphatic rings. The molecule has 244 valence electrons. The number of nitrogens with one attached hydrogen (secondary N) is 1. The first-order chi connectivity index (χ1) is 22.7. The SMILES string of the molecule is C[C@H]1[C@@H](CSc2ccc(C(=O)O)cc2)O[C@@H](c2ccc(-c3cccc(CNC(=O)CCC(=O)O)c3)cc2)O[C@H]1c1ccc(CO)cc1. The normalized spacial score (nSPS) is 19.2. The molecule has 1 aliphatic heterocycles. The highest BCUT2D eigenvalue weighted by Crippen LogP contribution is 2.43. The molecule has 0 bridgehead atoms. The number of amides is 1. The van der Waals surface area contributed by atoms with Crippen molar-refractivity contribution < 1.29 is 39.2 Å². The fraction of sp³-hybridized carbons (Fsp3) is 0.270. The van der Waals surface area contributed by atoms with E-state index < -0.39 is 18.2 Å². The third-order valence-corrected chi connectivity index (χ3v) is 9.24. The quantitative estimate of drug-likeness (QED) is 0.117. The van der Waals surface area contributed by atoms with Crippen molar-refractivity contribution in [2.75, 3.05) is 5.75 Å². The van der Waals surface area contributed by atoms with Crippen molar-refractivity contribution in [2.45, 2.75) is 56.3 Å². The minimum absolute atomic E-state index is 0.00338. The summed E-state index contributed by atoms with van der Waals surface area (Å²) in [4.78, 5) is 34.9. The lowest BCUT2D eigenvalue weighted by Gasteiger charge is -2.41. The first-order valence-electron chi connectivity index (χ1n) is 15.3. The van der Waals surface area contributed by atoms with Crippen molar-refractivity contribution in [2.24, 2.45) is 5.92 Å². The van der Waals surface area contributed by atoms with Crippen molar-refractivity contribution in [1.82, 2.24) is 5.32 Å². The number of aliphatic hydroxyl groups is 1. The number of carbonyl (C=O) groups excluding carboxylic acids is 1. The summed E-state index contributed by atoms with van der Waals surface area (Å²) in [7, 11) is 0. The molecular formula is C37H37NO8S.